The highest BCUT2D eigenvalue weighted by Gasteiger charge is 2.30. The zero-order chi connectivity index (χ0) is 15.6. The number of aryl methyl sites for hydroxylation is 1. The van der Waals surface area contributed by atoms with E-state index in [0.717, 1.165) is 43.4 Å². The van der Waals surface area contributed by atoms with E-state index in [9.17, 15) is 0 Å². The lowest BCUT2D eigenvalue weighted by Crippen LogP contribution is -2.44. The Bertz CT molecular complexity index is 648. The molecule has 0 bridgehead atoms. The van der Waals surface area contributed by atoms with Crippen molar-refractivity contribution in [1.82, 2.24) is 24.7 Å². The summed E-state index contributed by atoms with van der Waals surface area (Å²) in [7, 11) is 0. The maximum Gasteiger partial charge on any atom is 0.234 e. The van der Waals surface area contributed by atoms with Gasteiger partial charge in [-0.2, -0.15) is 9.61 Å². The van der Waals surface area contributed by atoms with E-state index in [4.69, 9.17) is 9.84 Å². The third-order valence-corrected chi connectivity index (χ3v) is 6.12. The van der Waals surface area contributed by atoms with E-state index < -0.39 is 0 Å². The summed E-state index contributed by atoms with van der Waals surface area (Å²) in [5.41, 5.74) is 0. The molecule has 0 spiro atoms. The average Bonchev–Trinajstić information content (AvgIpc) is 3.18. The Morgan fingerprint density at radius 3 is 2.91 bits per heavy atom. The van der Waals surface area contributed by atoms with E-state index in [-0.39, 0.29) is 0 Å². The van der Waals surface area contributed by atoms with Gasteiger partial charge in [-0.1, -0.05) is 18.3 Å². The lowest BCUT2D eigenvalue weighted by Gasteiger charge is -2.39. The third kappa shape index (κ3) is 3.14. The number of aromatic nitrogens is 4. The lowest BCUT2D eigenvalue weighted by molar-refractivity contribution is 0.0239. The van der Waals surface area contributed by atoms with Crippen LogP contribution in [0.25, 0.3) is 4.96 Å². The van der Waals surface area contributed by atoms with Gasteiger partial charge in [-0.25, -0.2) is 0 Å². The van der Waals surface area contributed by atoms with Crippen LogP contribution in [-0.2, 0) is 11.2 Å². The molecule has 0 aliphatic carbocycles. The van der Waals surface area contributed by atoms with Crippen LogP contribution in [0, 0.1) is 0 Å². The van der Waals surface area contributed by atoms with Crippen molar-refractivity contribution in [2.24, 2.45) is 0 Å². The van der Waals surface area contributed by atoms with Crippen molar-refractivity contribution >= 4 is 16.3 Å². The fraction of sp³-hybridized carbons (Fsp3) is 0.812. The molecule has 2 aromatic rings. The predicted octanol–water partition coefficient (Wildman–Crippen LogP) is 2.50. The van der Waals surface area contributed by atoms with Gasteiger partial charge in [0.05, 0.1) is 0 Å². The molecule has 0 radical (unpaired) electrons. The molecular weight excluding hydrogens is 310 g/mol. The van der Waals surface area contributed by atoms with Crippen LogP contribution in [0.15, 0.2) is 0 Å². The summed E-state index contributed by atoms with van der Waals surface area (Å²) in [6.07, 6.45) is 6.89. The molecular formula is C16H25N5OS. The Balaban J connectivity index is 1.50. The summed E-state index contributed by atoms with van der Waals surface area (Å²) in [5.74, 6) is 1.55. The smallest absolute Gasteiger partial charge is 0.234 e. The van der Waals surface area contributed by atoms with Gasteiger partial charge in [0.25, 0.3) is 0 Å². The standard InChI is InChI=1S/C16H25N5OS/c1-2-4-14-17-18-16-21(14)19-15(23-16)12-5-3-8-20(11-12)13-6-9-22-10-7-13/h12-13H,2-11H2,1H3. The fourth-order valence-corrected chi connectivity index (χ4v) is 4.79. The quantitative estimate of drug-likeness (QED) is 0.859. The molecule has 2 saturated heterocycles. The average molecular weight is 335 g/mol. The minimum atomic E-state index is 0.549. The Hall–Kier alpha value is -1.05. The second-order valence-electron chi connectivity index (χ2n) is 6.68. The molecule has 6 nitrogen and oxygen atoms in total. The topological polar surface area (TPSA) is 55.5 Å². The van der Waals surface area contributed by atoms with Crippen LogP contribution in [0.4, 0.5) is 0 Å². The van der Waals surface area contributed by atoms with Crippen molar-refractivity contribution in [3.63, 3.8) is 0 Å². The summed E-state index contributed by atoms with van der Waals surface area (Å²) in [6, 6.07) is 0.702. The molecule has 1 atom stereocenters. The number of piperidine rings is 1. The van der Waals surface area contributed by atoms with Crippen LogP contribution < -0.4 is 0 Å². The maximum absolute atomic E-state index is 5.51. The molecule has 2 aliphatic heterocycles. The highest BCUT2D eigenvalue weighted by Crippen LogP contribution is 2.32. The first-order valence-corrected chi connectivity index (χ1v) is 9.69. The number of likely N-dealkylation sites (tertiary alicyclic amines) is 1. The maximum atomic E-state index is 5.51. The number of rotatable bonds is 4. The molecule has 2 aromatic heterocycles. The van der Waals surface area contributed by atoms with Crippen molar-refractivity contribution in [2.45, 2.75) is 57.4 Å². The number of nitrogens with zero attached hydrogens (tertiary/aromatic N) is 5. The normalized spacial score (nSPS) is 24.5. The van der Waals surface area contributed by atoms with Crippen LogP contribution in [0.1, 0.15) is 55.8 Å². The van der Waals surface area contributed by atoms with Crippen LogP contribution in [-0.4, -0.2) is 57.1 Å². The highest BCUT2D eigenvalue weighted by atomic mass is 32.1. The minimum Gasteiger partial charge on any atom is -0.381 e. The third-order valence-electron chi connectivity index (χ3n) is 5.05. The van der Waals surface area contributed by atoms with E-state index in [1.165, 1.54) is 37.2 Å². The van der Waals surface area contributed by atoms with Crippen molar-refractivity contribution < 1.29 is 4.74 Å². The Morgan fingerprint density at radius 1 is 1.22 bits per heavy atom. The summed E-state index contributed by atoms with van der Waals surface area (Å²) in [4.78, 5) is 3.62. The first-order chi connectivity index (χ1) is 11.3. The highest BCUT2D eigenvalue weighted by molar-refractivity contribution is 7.16. The van der Waals surface area contributed by atoms with Gasteiger partial charge in [0, 0.05) is 38.1 Å². The minimum absolute atomic E-state index is 0.549. The number of fused-ring (bicyclic) bond motifs is 1. The van der Waals surface area contributed by atoms with Gasteiger partial charge in [-0.05, 0) is 38.6 Å². The van der Waals surface area contributed by atoms with Gasteiger partial charge in [0.15, 0.2) is 5.82 Å². The first kappa shape index (κ1) is 15.5. The van der Waals surface area contributed by atoms with Gasteiger partial charge in [-0.15, -0.1) is 10.2 Å². The second-order valence-corrected chi connectivity index (χ2v) is 7.67. The van der Waals surface area contributed by atoms with Gasteiger partial charge >= 0.3 is 0 Å². The summed E-state index contributed by atoms with van der Waals surface area (Å²) in [5, 5.41) is 14.6. The molecule has 0 N–H and O–H groups in total. The SMILES string of the molecule is CCCc1nnc2sc(C3CCCN(C4CCOCC4)C3)nn12. The van der Waals surface area contributed by atoms with Gasteiger partial charge in [0.1, 0.15) is 5.01 Å². The van der Waals surface area contributed by atoms with Crippen molar-refractivity contribution in [3.05, 3.63) is 10.8 Å². The second kappa shape index (κ2) is 6.83. The van der Waals surface area contributed by atoms with E-state index in [2.05, 4.69) is 22.0 Å². The Morgan fingerprint density at radius 2 is 2.09 bits per heavy atom. The molecule has 7 heteroatoms. The summed E-state index contributed by atoms with van der Waals surface area (Å²) in [6.45, 7) is 6.37. The van der Waals surface area contributed by atoms with Crippen LogP contribution in [0.5, 0.6) is 0 Å². The fourth-order valence-electron chi connectivity index (χ4n) is 3.81. The Labute approximate surface area is 140 Å². The molecule has 2 fully saturated rings. The van der Waals surface area contributed by atoms with Gasteiger partial charge in [-0.3, -0.25) is 4.90 Å². The number of ether oxygens (including phenoxy) is 1. The summed E-state index contributed by atoms with van der Waals surface area (Å²) < 4.78 is 7.48. The molecule has 126 valence electrons. The molecule has 0 amide bonds. The van der Waals surface area contributed by atoms with E-state index in [0.29, 0.717) is 12.0 Å². The van der Waals surface area contributed by atoms with Gasteiger partial charge < -0.3 is 4.74 Å². The largest absolute Gasteiger partial charge is 0.381 e. The monoisotopic (exact) mass is 335 g/mol. The predicted molar refractivity (Wildman–Crippen MR) is 90.0 cm³/mol. The zero-order valence-corrected chi connectivity index (χ0v) is 14.6. The lowest BCUT2D eigenvalue weighted by atomic mass is 9.95. The first-order valence-electron chi connectivity index (χ1n) is 8.88. The van der Waals surface area contributed by atoms with E-state index in [1.54, 1.807) is 11.3 Å². The number of hydrogen-bond acceptors (Lipinski definition) is 6. The number of hydrogen-bond donors (Lipinski definition) is 0. The van der Waals surface area contributed by atoms with Crippen LogP contribution in [0.3, 0.4) is 0 Å². The molecule has 1 unspecified atom stereocenters. The molecule has 0 aromatic carbocycles. The van der Waals surface area contributed by atoms with E-state index in [1.807, 2.05) is 4.52 Å². The van der Waals surface area contributed by atoms with Gasteiger partial charge in [0.2, 0.25) is 4.96 Å². The van der Waals surface area contributed by atoms with Crippen molar-refractivity contribution in [3.8, 4) is 0 Å². The molecule has 0 saturated carbocycles. The Kier molecular flexibility index (Phi) is 4.59. The zero-order valence-electron chi connectivity index (χ0n) is 13.8. The molecule has 4 rings (SSSR count). The summed E-state index contributed by atoms with van der Waals surface area (Å²) >= 11 is 1.73. The molecule has 2 aliphatic rings. The van der Waals surface area contributed by atoms with E-state index >= 15 is 0 Å². The van der Waals surface area contributed by atoms with Crippen molar-refractivity contribution in [1.29, 1.82) is 0 Å². The van der Waals surface area contributed by atoms with Crippen molar-refractivity contribution in [2.75, 3.05) is 26.3 Å². The molecule has 23 heavy (non-hydrogen) atoms. The van der Waals surface area contributed by atoms with Crippen LogP contribution in [0.2, 0.25) is 0 Å². The molecule has 4 heterocycles. The van der Waals surface area contributed by atoms with Crippen LogP contribution >= 0.6 is 11.3 Å².